The van der Waals surface area contributed by atoms with Crippen LogP contribution >= 0.6 is 0 Å². The van der Waals surface area contributed by atoms with Crippen LogP contribution in [0.25, 0.3) is 0 Å². The van der Waals surface area contributed by atoms with Crippen molar-refractivity contribution >= 4 is 0 Å². The third-order valence-corrected chi connectivity index (χ3v) is 2.63. The molecule has 0 heterocycles. The van der Waals surface area contributed by atoms with Crippen LogP contribution in [0.5, 0.6) is 0 Å². The van der Waals surface area contributed by atoms with E-state index >= 15 is 0 Å². The van der Waals surface area contributed by atoms with Crippen LogP contribution in [0.15, 0.2) is 0 Å². The Bertz CT molecular complexity index is 95.2. The minimum atomic E-state index is -0.130. The maximum Gasteiger partial charge on any atom is 0.0514 e. The van der Waals surface area contributed by atoms with Crippen molar-refractivity contribution in [2.45, 2.75) is 59.5 Å². The number of aliphatic hydroxyl groups is 1. The van der Waals surface area contributed by atoms with E-state index in [9.17, 15) is 5.11 Å². The quantitative estimate of drug-likeness (QED) is 0.652. The lowest BCUT2D eigenvalue weighted by molar-refractivity contribution is 0.155. The first-order chi connectivity index (χ1) is 5.60. The van der Waals surface area contributed by atoms with Crippen molar-refractivity contribution in [3.05, 3.63) is 0 Å². The van der Waals surface area contributed by atoms with Crippen molar-refractivity contribution in [2.75, 3.05) is 0 Å². The van der Waals surface area contributed by atoms with Gasteiger partial charge in [0.15, 0.2) is 0 Å². The van der Waals surface area contributed by atoms with E-state index in [1.807, 2.05) is 6.92 Å². The fourth-order valence-corrected chi connectivity index (χ4v) is 1.87. The molecular weight excluding hydrogens is 148 g/mol. The van der Waals surface area contributed by atoms with Crippen LogP contribution in [-0.4, -0.2) is 11.2 Å². The van der Waals surface area contributed by atoms with Crippen molar-refractivity contribution in [2.24, 2.45) is 11.8 Å². The molecular formula is C11H24O. The Hall–Kier alpha value is -0.0400. The monoisotopic (exact) mass is 172 g/mol. The zero-order valence-electron chi connectivity index (χ0n) is 9.01. The van der Waals surface area contributed by atoms with E-state index in [2.05, 4.69) is 20.8 Å². The topological polar surface area (TPSA) is 20.2 Å². The number of rotatable bonds is 6. The maximum atomic E-state index is 9.18. The molecule has 0 amide bonds. The maximum absolute atomic E-state index is 9.18. The first kappa shape index (κ1) is 12.0. The molecule has 0 aromatic heterocycles. The molecule has 0 aromatic carbocycles. The largest absolute Gasteiger partial charge is 0.393 e. The van der Waals surface area contributed by atoms with Gasteiger partial charge >= 0.3 is 0 Å². The third kappa shape index (κ3) is 5.59. The Labute approximate surface area is 77.2 Å². The van der Waals surface area contributed by atoms with Crippen molar-refractivity contribution in [3.63, 3.8) is 0 Å². The van der Waals surface area contributed by atoms with Crippen LogP contribution in [0, 0.1) is 11.8 Å². The number of aliphatic hydroxyl groups excluding tert-OH is 1. The summed E-state index contributed by atoms with van der Waals surface area (Å²) in [5, 5.41) is 9.18. The standard InChI is InChI=1S/C11H24O/c1-5-11(6-2)8-9(3)7-10(4)12/h9-12H,5-8H2,1-4H3. The second kappa shape index (κ2) is 6.47. The van der Waals surface area contributed by atoms with Gasteiger partial charge in [0.05, 0.1) is 6.10 Å². The van der Waals surface area contributed by atoms with E-state index in [1.165, 1.54) is 19.3 Å². The molecule has 0 aromatic rings. The molecule has 2 unspecified atom stereocenters. The highest BCUT2D eigenvalue weighted by molar-refractivity contribution is 4.63. The summed E-state index contributed by atoms with van der Waals surface area (Å²) in [6, 6.07) is 0. The molecule has 1 N–H and O–H groups in total. The average Bonchev–Trinajstić information content (AvgIpc) is 1.98. The molecule has 0 aliphatic carbocycles. The predicted octanol–water partition coefficient (Wildman–Crippen LogP) is 3.22. The molecule has 0 saturated carbocycles. The van der Waals surface area contributed by atoms with Crippen LogP contribution < -0.4 is 0 Å². The Morgan fingerprint density at radius 3 is 1.83 bits per heavy atom. The lowest BCUT2D eigenvalue weighted by Crippen LogP contribution is -2.11. The van der Waals surface area contributed by atoms with Crippen LogP contribution in [0.2, 0.25) is 0 Å². The SMILES string of the molecule is CCC(CC)CC(C)CC(C)O. The van der Waals surface area contributed by atoms with Gasteiger partial charge in [0.2, 0.25) is 0 Å². The minimum absolute atomic E-state index is 0.130. The van der Waals surface area contributed by atoms with Gasteiger partial charge in [-0.15, -0.1) is 0 Å². The van der Waals surface area contributed by atoms with Crippen molar-refractivity contribution in [1.29, 1.82) is 0 Å². The molecule has 0 saturated heterocycles. The summed E-state index contributed by atoms with van der Waals surface area (Å²) in [4.78, 5) is 0. The summed E-state index contributed by atoms with van der Waals surface area (Å²) in [5.74, 6) is 1.54. The Balaban J connectivity index is 3.58. The second-order valence-electron chi connectivity index (χ2n) is 4.11. The van der Waals surface area contributed by atoms with Gasteiger partial charge in [-0.2, -0.15) is 0 Å². The second-order valence-corrected chi connectivity index (χ2v) is 4.11. The van der Waals surface area contributed by atoms with Gasteiger partial charge in [-0.25, -0.2) is 0 Å². The summed E-state index contributed by atoms with van der Waals surface area (Å²) >= 11 is 0. The van der Waals surface area contributed by atoms with Gasteiger partial charge in [-0.05, 0) is 31.6 Å². The van der Waals surface area contributed by atoms with E-state index in [1.54, 1.807) is 0 Å². The fourth-order valence-electron chi connectivity index (χ4n) is 1.87. The summed E-state index contributed by atoms with van der Waals surface area (Å²) in [7, 11) is 0. The third-order valence-electron chi connectivity index (χ3n) is 2.63. The molecule has 0 fully saturated rings. The Morgan fingerprint density at radius 2 is 1.50 bits per heavy atom. The van der Waals surface area contributed by atoms with Gasteiger partial charge in [-0.3, -0.25) is 0 Å². The molecule has 1 heteroatoms. The molecule has 0 aliphatic heterocycles. The lowest BCUT2D eigenvalue weighted by Gasteiger charge is -2.19. The molecule has 12 heavy (non-hydrogen) atoms. The van der Waals surface area contributed by atoms with Crippen LogP contribution in [0.4, 0.5) is 0 Å². The number of hydrogen-bond donors (Lipinski definition) is 1. The summed E-state index contributed by atoms with van der Waals surface area (Å²) in [5.41, 5.74) is 0. The van der Waals surface area contributed by atoms with Crippen molar-refractivity contribution < 1.29 is 5.11 Å². The molecule has 1 nitrogen and oxygen atoms in total. The Kier molecular flexibility index (Phi) is 6.45. The van der Waals surface area contributed by atoms with Gasteiger partial charge in [0.1, 0.15) is 0 Å². The van der Waals surface area contributed by atoms with Crippen LogP contribution in [0.1, 0.15) is 53.4 Å². The summed E-state index contributed by atoms with van der Waals surface area (Å²) in [6.07, 6.45) is 4.66. The number of hydrogen-bond acceptors (Lipinski definition) is 1. The van der Waals surface area contributed by atoms with E-state index in [4.69, 9.17) is 0 Å². The highest BCUT2D eigenvalue weighted by Crippen LogP contribution is 2.21. The molecule has 0 radical (unpaired) electrons. The minimum Gasteiger partial charge on any atom is -0.393 e. The predicted molar refractivity (Wildman–Crippen MR) is 54.2 cm³/mol. The van der Waals surface area contributed by atoms with E-state index < -0.39 is 0 Å². The summed E-state index contributed by atoms with van der Waals surface area (Å²) < 4.78 is 0. The molecule has 0 rings (SSSR count). The molecule has 0 aliphatic rings. The van der Waals surface area contributed by atoms with E-state index in [0.29, 0.717) is 5.92 Å². The van der Waals surface area contributed by atoms with Gasteiger partial charge in [0.25, 0.3) is 0 Å². The zero-order chi connectivity index (χ0) is 9.56. The van der Waals surface area contributed by atoms with E-state index in [-0.39, 0.29) is 6.10 Å². The average molecular weight is 172 g/mol. The molecule has 0 bridgehead atoms. The van der Waals surface area contributed by atoms with Gasteiger partial charge in [-0.1, -0.05) is 33.6 Å². The highest BCUT2D eigenvalue weighted by atomic mass is 16.3. The van der Waals surface area contributed by atoms with Crippen LogP contribution in [0.3, 0.4) is 0 Å². The first-order valence-electron chi connectivity index (χ1n) is 5.28. The summed E-state index contributed by atoms with van der Waals surface area (Å²) in [6.45, 7) is 8.63. The zero-order valence-corrected chi connectivity index (χ0v) is 9.01. The van der Waals surface area contributed by atoms with E-state index in [0.717, 1.165) is 12.3 Å². The molecule has 0 spiro atoms. The Morgan fingerprint density at radius 1 is 1.00 bits per heavy atom. The molecule has 74 valence electrons. The fraction of sp³-hybridized carbons (Fsp3) is 1.00. The van der Waals surface area contributed by atoms with Gasteiger partial charge < -0.3 is 5.11 Å². The van der Waals surface area contributed by atoms with Crippen molar-refractivity contribution in [3.8, 4) is 0 Å². The smallest absolute Gasteiger partial charge is 0.0514 e. The van der Waals surface area contributed by atoms with Gasteiger partial charge in [0, 0.05) is 0 Å². The normalized spacial score (nSPS) is 16.5. The van der Waals surface area contributed by atoms with Crippen LogP contribution in [-0.2, 0) is 0 Å². The van der Waals surface area contributed by atoms with Crippen molar-refractivity contribution in [1.82, 2.24) is 0 Å². The highest BCUT2D eigenvalue weighted by Gasteiger charge is 2.11. The molecule has 2 atom stereocenters. The lowest BCUT2D eigenvalue weighted by atomic mass is 9.89. The first-order valence-corrected chi connectivity index (χ1v) is 5.28.